The summed E-state index contributed by atoms with van der Waals surface area (Å²) in [6, 6.07) is 2.99. The Kier molecular flexibility index (Phi) is 5.18. The van der Waals surface area contributed by atoms with Crippen molar-refractivity contribution in [1.82, 2.24) is 10.2 Å². The highest BCUT2D eigenvalue weighted by atomic mass is 19.1. The van der Waals surface area contributed by atoms with Gasteiger partial charge < -0.3 is 5.32 Å². The summed E-state index contributed by atoms with van der Waals surface area (Å²) in [5.41, 5.74) is -0.0669. The summed E-state index contributed by atoms with van der Waals surface area (Å²) in [5.74, 6) is -1.83. The number of rotatable bonds is 6. The van der Waals surface area contributed by atoms with Gasteiger partial charge in [-0.25, -0.2) is 8.78 Å². The van der Waals surface area contributed by atoms with E-state index in [9.17, 15) is 13.6 Å². The molecule has 1 aromatic carbocycles. The molecule has 0 bridgehead atoms. The average molecular weight is 242 g/mol. The second-order valence-electron chi connectivity index (χ2n) is 3.89. The highest BCUT2D eigenvalue weighted by molar-refractivity contribution is 5.97. The van der Waals surface area contributed by atoms with Gasteiger partial charge in [-0.2, -0.15) is 0 Å². The van der Waals surface area contributed by atoms with Gasteiger partial charge in [0, 0.05) is 19.2 Å². The zero-order valence-corrected chi connectivity index (χ0v) is 9.96. The lowest BCUT2D eigenvalue weighted by atomic mass is 10.1. The number of hydrogen-bond donors (Lipinski definition) is 1. The van der Waals surface area contributed by atoms with Crippen molar-refractivity contribution in [2.45, 2.75) is 0 Å². The predicted molar refractivity (Wildman–Crippen MR) is 62.1 cm³/mol. The van der Waals surface area contributed by atoms with E-state index in [0.717, 1.165) is 18.7 Å². The van der Waals surface area contributed by atoms with Gasteiger partial charge in [0.05, 0.1) is 12.1 Å². The number of Topliss-reactive ketones (excluding diaryl/α,β-unsaturated/α-hetero) is 1. The van der Waals surface area contributed by atoms with Crippen LogP contribution < -0.4 is 5.32 Å². The monoisotopic (exact) mass is 242 g/mol. The van der Waals surface area contributed by atoms with Crippen molar-refractivity contribution in [2.24, 2.45) is 0 Å². The summed E-state index contributed by atoms with van der Waals surface area (Å²) >= 11 is 0. The Morgan fingerprint density at radius 3 is 2.71 bits per heavy atom. The smallest absolute Gasteiger partial charge is 0.179 e. The molecule has 0 aliphatic rings. The van der Waals surface area contributed by atoms with Gasteiger partial charge >= 0.3 is 0 Å². The molecule has 1 aromatic rings. The lowest BCUT2D eigenvalue weighted by Gasteiger charge is -2.15. The number of nitrogens with zero attached hydrogens (tertiary/aromatic N) is 1. The highest BCUT2D eigenvalue weighted by Crippen LogP contribution is 2.10. The summed E-state index contributed by atoms with van der Waals surface area (Å²) in [6.07, 6.45) is 0. The van der Waals surface area contributed by atoms with Crippen molar-refractivity contribution in [1.29, 1.82) is 0 Å². The van der Waals surface area contributed by atoms with Crippen molar-refractivity contribution in [3.63, 3.8) is 0 Å². The molecular formula is C12H16F2N2O. The molecule has 0 saturated heterocycles. The maximum atomic E-state index is 13.3. The van der Waals surface area contributed by atoms with Crippen molar-refractivity contribution < 1.29 is 13.6 Å². The van der Waals surface area contributed by atoms with Crippen LogP contribution in [0.5, 0.6) is 0 Å². The summed E-state index contributed by atoms with van der Waals surface area (Å²) < 4.78 is 26.0. The Hall–Kier alpha value is -1.33. The molecule has 0 fully saturated rings. The molecule has 1 rings (SSSR count). The van der Waals surface area contributed by atoms with E-state index in [1.54, 1.807) is 11.9 Å². The molecule has 17 heavy (non-hydrogen) atoms. The second-order valence-corrected chi connectivity index (χ2v) is 3.89. The van der Waals surface area contributed by atoms with E-state index in [4.69, 9.17) is 0 Å². The van der Waals surface area contributed by atoms with E-state index in [1.165, 1.54) is 6.07 Å². The molecule has 94 valence electrons. The number of likely N-dealkylation sites (N-methyl/N-ethyl adjacent to an activating group) is 2. The fourth-order valence-electron chi connectivity index (χ4n) is 1.43. The summed E-state index contributed by atoms with van der Waals surface area (Å²) in [5, 5.41) is 2.95. The Morgan fingerprint density at radius 2 is 2.12 bits per heavy atom. The van der Waals surface area contributed by atoms with Crippen molar-refractivity contribution in [2.75, 3.05) is 33.7 Å². The zero-order chi connectivity index (χ0) is 12.8. The zero-order valence-electron chi connectivity index (χ0n) is 9.96. The molecule has 3 nitrogen and oxygen atoms in total. The van der Waals surface area contributed by atoms with Gasteiger partial charge in [-0.15, -0.1) is 0 Å². The summed E-state index contributed by atoms with van der Waals surface area (Å²) in [6.45, 7) is 1.55. The number of ketones is 1. The average Bonchev–Trinajstić information content (AvgIpc) is 2.26. The van der Waals surface area contributed by atoms with E-state index in [1.807, 2.05) is 7.05 Å². The number of benzene rings is 1. The Balaban J connectivity index is 2.63. The molecule has 1 N–H and O–H groups in total. The molecule has 5 heteroatoms. The fraction of sp³-hybridized carbons (Fsp3) is 0.417. The number of carbonyl (C=O) groups is 1. The molecule has 0 amide bonds. The quantitative estimate of drug-likeness (QED) is 0.763. The van der Waals surface area contributed by atoms with Gasteiger partial charge in [0.25, 0.3) is 0 Å². The minimum Gasteiger partial charge on any atom is -0.318 e. The normalized spacial score (nSPS) is 10.9. The first-order chi connectivity index (χ1) is 8.04. The number of nitrogens with one attached hydrogen (secondary N) is 1. The van der Waals surface area contributed by atoms with Crippen LogP contribution >= 0.6 is 0 Å². The third-order valence-corrected chi connectivity index (χ3v) is 2.39. The van der Waals surface area contributed by atoms with Gasteiger partial charge in [-0.1, -0.05) is 0 Å². The number of halogens is 2. The van der Waals surface area contributed by atoms with E-state index in [-0.39, 0.29) is 17.9 Å². The summed E-state index contributed by atoms with van der Waals surface area (Å²) in [7, 11) is 3.59. The van der Waals surface area contributed by atoms with Gasteiger partial charge in [-0.05, 0) is 26.2 Å². The maximum absolute atomic E-state index is 13.3. The van der Waals surface area contributed by atoms with Gasteiger partial charge in [0.2, 0.25) is 0 Å². The van der Waals surface area contributed by atoms with Crippen LogP contribution in [-0.4, -0.2) is 44.4 Å². The van der Waals surface area contributed by atoms with Crippen LogP contribution in [-0.2, 0) is 0 Å². The topological polar surface area (TPSA) is 32.3 Å². The molecule has 0 aliphatic carbocycles. The van der Waals surface area contributed by atoms with Crippen LogP contribution in [0.3, 0.4) is 0 Å². The van der Waals surface area contributed by atoms with Crippen molar-refractivity contribution in [3.05, 3.63) is 35.4 Å². The Morgan fingerprint density at radius 1 is 1.41 bits per heavy atom. The largest absolute Gasteiger partial charge is 0.318 e. The Labute approximate surface area is 99.4 Å². The fourth-order valence-corrected chi connectivity index (χ4v) is 1.43. The molecule has 0 aromatic heterocycles. The molecule has 0 unspecified atom stereocenters. The minimum absolute atomic E-state index is 0.0669. The van der Waals surface area contributed by atoms with Crippen molar-refractivity contribution in [3.8, 4) is 0 Å². The number of hydrogen-bond acceptors (Lipinski definition) is 3. The number of carbonyl (C=O) groups excluding carboxylic acids is 1. The molecule has 0 radical (unpaired) electrons. The van der Waals surface area contributed by atoms with E-state index >= 15 is 0 Å². The van der Waals surface area contributed by atoms with Crippen molar-refractivity contribution >= 4 is 5.78 Å². The molecule has 0 spiro atoms. The molecule has 0 aliphatic heterocycles. The third kappa shape index (κ3) is 4.20. The SMILES string of the molecule is CNCCN(C)CC(=O)c1ccc(F)cc1F. The lowest BCUT2D eigenvalue weighted by molar-refractivity contribution is 0.0943. The summed E-state index contributed by atoms with van der Waals surface area (Å²) in [4.78, 5) is 13.5. The minimum atomic E-state index is -0.808. The van der Waals surface area contributed by atoms with Gasteiger partial charge in [0.15, 0.2) is 5.78 Å². The first kappa shape index (κ1) is 13.7. The van der Waals surface area contributed by atoms with Crippen LogP contribution in [0.25, 0.3) is 0 Å². The lowest BCUT2D eigenvalue weighted by Crippen LogP contribution is -2.32. The maximum Gasteiger partial charge on any atom is 0.179 e. The third-order valence-electron chi connectivity index (χ3n) is 2.39. The second kappa shape index (κ2) is 6.42. The molecule has 0 heterocycles. The van der Waals surface area contributed by atoms with Crippen LogP contribution in [0.4, 0.5) is 8.78 Å². The van der Waals surface area contributed by atoms with Crippen LogP contribution in [0.15, 0.2) is 18.2 Å². The Bertz CT molecular complexity index is 396. The van der Waals surface area contributed by atoms with Gasteiger partial charge in [0.1, 0.15) is 11.6 Å². The van der Waals surface area contributed by atoms with Crippen LogP contribution in [0.1, 0.15) is 10.4 Å². The van der Waals surface area contributed by atoms with Crippen LogP contribution in [0, 0.1) is 11.6 Å². The van der Waals surface area contributed by atoms with Crippen LogP contribution in [0.2, 0.25) is 0 Å². The first-order valence-electron chi connectivity index (χ1n) is 5.36. The predicted octanol–water partition coefficient (Wildman–Crippen LogP) is 1.30. The van der Waals surface area contributed by atoms with E-state index < -0.39 is 11.6 Å². The highest BCUT2D eigenvalue weighted by Gasteiger charge is 2.14. The molecular weight excluding hydrogens is 226 g/mol. The standard InChI is InChI=1S/C12H16F2N2O/c1-15-5-6-16(2)8-12(17)10-4-3-9(13)7-11(10)14/h3-4,7,15H,5-6,8H2,1-2H3. The molecule has 0 atom stereocenters. The van der Waals surface area contributed by atoms with E-state index in [0.29, 0.717) is 6.54 Å². The first-order valence-corrected chi connectivity index (χ1v) is 5.36. The van der Waals surface area contributed by atoms with E-state index in [2.05, 4.69) is 5.32 Å². The molecule has 0 saturated carbocycles. The van der Waals surface area contributed by atoms with Gasteiger partial charge in [-0.3, -0.25) is 9.69 Å².